The van der Waals surface area contributed by atoms with Gasteiger partial charge in [-0.05, 0) is 49.7 Å². The van der Waals surface area contributed by atoms with Crippen LogP contribution in [0.5, 0.6) is 17.2 Å². The number of hydrogen-bond donors (Lipinski definition) is 2. The van der Waals surface area contributed by atoms with E-state index >= 15 is 0 Å². The van der Waals surface area contributed by atoms with E-state index in [1.54, 1.807) is 35.6 Å². The van der Waals surface area contributed by atoms with Crippen molar-refractivity contribution in [3.05, 3.63) is 70.7 Å². The molecule has 1 amide bonds. The fourth-order valence-corrected chi connectivity index (χ4v) is 4.92. The molecule has 2 N–H and O–H groups in total. The molecule has 2 aromatic carbocycles. The highest BCUT2D eigenvalue weighted by molar-refractivity contribution is 7.18. The van der Waals surface area contributed by atoms with E-state index in [9.17, 15) is 9.59 Å². The Morgan fingerprint density at radius 1 is 1.05 bits per heavy atom. The van der Waals surface area contributed by atoms with Gasteiger partial charge in [0.05, 0.1) is 26.9 Å². The van der Waals surface area contributed by atoms with Crippen LogP contribution in [-0.2, 0) is 0 Å². The van der Waals surface area contributed by atoms with E-state index < -0.39 is 5.91 Å². The molecule has 0 aliphatic heterocycles. The highest BCUT2D eigenvalue weighted by Gasteiger charge is 2.19. The number of ketones is 1. The Balaban J connectivity index is 1.54. The molecule has 0 atom stereocenters. The molecule has 4 aromatic rings. The summed E-state index contributed by atoms with van der Waals surface area (Å²) in [6, 6.07) is 14.1. The van der Waals surface area contributed by atoms with Gasteiger partial charge in [-0.25, -0.2) is 4.98 Å². The van der Waals surface area contributed by atoms with E-state index in [2.05, 4.69) is 23.3 Å². The van der Waals surface area contributed by atoms with E-state index in [0.717, 1.165) is 15.6 Å². The number of nitrogens with one attached hydrogen (secondary N) is 1. The molecule has 37 heavy (non-hydrogen) atoms. The Morgan fingerprint density at radius 2 is 1.86 bits per heavy atom. The van der Waals surface area contributed by atoms with Crippen molar-refractivity contribution in [2.75, 3.05) is 33.5 Å². The van der Waals surface area contributed by atoms with Crippen molar-refractivity contribution in [3.63, 3.8) is 0 Å². The second-order valence-corrected chi connectivity index (χ2v) is 9.00. The third-order valence-electron chi connectivity index (χ3n) is 5.68. The molecule has 9 heteroatoms. The quantitative estimate of drug-likeness (QED) is 0.277. The zero-order valence-corrected chi connectivity index (χ0v) is 21.7. The third kappa shape index (κ3) is 5.73. The molecule has 0 radical (unpaired) electrons. The van der Waals surface area contributed by atoms with E-state index in [-0.39, 0.29) is 31.2 Å². The number of aliphatic hydroxyl groups is 1. The van der Waals surface area contributed by atoms with Gasteiger partial charge in [-0.15, -0.1) is 11.3 Å². The molecule has 0 bridgehead atoms. The normalized spacial score (nSPS) is 10.8. The molecule has 0 unspecified atom stereocenters. The van der Waals surface area contributed by atoms with E-state index in [1.807, 2.05) is 24.4 Å². The van der Waals surface area contributed by atoms with Gasteiger partial charge in [0, 0.05) is 26.6 Å². The van der Waals surface area contributed by atoms with Crippen molar-refractivity contribution in [1.82, 2.24) is 10.3 Å². The number of aliphatic hydroxyl groups excluding tert-OH is 1. The molecular weight excluding hydrogens is 492 g/mol. The SMILES string of the molecule is CCOc1ccc(C(=O)CNC(=O)c2ccc(OCCO)c(OC)c2)nc1-c1csc2c(C)cccc12. The van der Waals surface area contributed by atoms with Gasteiger partial charge in [0.2, 0.25) is 0 Å². The maximum Gasteiger partial charge on any atom is 0.251 e. The van der Waals surface area contributed by atoms with Crippen LogP contribution < -0.4 is 19.5 Å². The van der Waals surface area contributed by atoms with Crippen molar-refractivity contribution >= 4 is 33.1 Å². The molecule has 2 aromatic heterocycles. The lowest BCUT2D eigenvalue weighted by molar-refractivity contribution is 0.0902. The zero-order chi connectivity index (χ0) is 26.4. The minimum absolute atomic E-state index is 0.105. The molecule has 0 aliphatic rings. The summed E-state index contributed by atoms with van der Waals surface area (Å²) in [6.07, 6.45) is 0. The third-order valence-corrected chi connectivity index (χ3v) is 6.81. The van der Waals surface area contributed by atoms with Crippen molar-refractivity contribution in [2.45, 2.75) is 13.8 Å². The molecule has 2 heterocycles. The largest absolute Gasteiger partial charge is 0.493 e. The number of nitrogens with zero attached hydrogens (tertiary/aromatic N) is 1. The Kier molecular flexibility index (Phi) is 8.37. The van der Waals surface area contributed by atoms with Crippen LogP contribution >= 0.6 is 11.3 Å². The van der Waals surface area contributed by atoms with Crippen molar-refractivity contribution in [3.8, 4) is 28.5 Å². The van der Waals surface area contributed by atoms with Gasteiger partial charge in [-0.3, -0.25) is 9.59 Å². The van der Waals surface area contributed by atoms with E-state index in [4.69, 9.17) is 19.3 Å². The van der Waals surface area contributed by atoms with E-state index in [0.29, 0.717) is 35.1 Å². The Hall–Kier alpha value is -3.95. The number of carbonyl (C=O) groups is 2. The van der Waals surface area contributed by atoms with E-state index in [1.165, 1.54) is 18.7 Å². The van der Waals surface area contributed by atoms with Crippen LogP contribution in [0.15, 0.2) is 53.9 Å². The van der Waals surface area contributed by atoms with Crippen LogP contribution in [0.25, 0.3) is 21.3 Å². The highest BCUT2D eigenvalue weighted by atomic mass is 32.1. The summed E-state index contributed by atoms with van der Waals surface area (Å²) in [5.41, 5.74) is 3.21. The first-order chi connectivity index (χ1) is 18.0. The summed E-state index contributed by atoms with van der Waals surface area (Å²) in [4.78, 5) is 30.4. The summed E-state index contributed by atoms with van der Waals surface area (Å²) < 4.78 is 17.6. The first-order valence-corrected chi connectivity index (χ1v) is 12.7. The average Bonchev–Trinajstić information content (AvgIpc) is 3.36. The summed E-state index contributed by atoms with van der Waals surface area (Å²) in [7, 11) is 1.46. The lowest BCUT2D eigenvalue weighted by Crippen LogP contribution is -2.30. The average molecular weight is 521 g/mol. The van der Waals surface area contributed by atoms with Gasteiger partial charge < -0.3 is 24.6 Å². The van der Waals surface area contributed by atoms with Crippen LogP contribution in [-0.4, -0.2) is 55.3 Å². The number of rotatable bonds is 11. The number of pyridine rings is 1. The van der Waals surface area contributed by atoms with Crippen LogP contribution in [0, 0.1) is 6.92 Å². The van der Waals surface area contributed by atoms with Gasteiger partial charge >= 0.3 is 0 Å². The number of aromatic nitrogens is 1. The second-order valence-electron chi connectivity index (χ2n) is 8.12. The minimum Gasteiger partial charge on any atom is -0.493 e. The smallest absolute Gasteiger partial charge is 0.251 e. The lowest BCUT2D eigenvalue weighted by atomic mass is 10.1. The number of ether oxygens (including phenoxy) is 3. The first-order valence-electron chi connectivity index (χ1n) is 11.8. The number of amides is 1. The Bertz CT molecular complexity index is 1430. The fraction of sp³-hybridized carbons (Fsp3) is 0.250. The molecule has 0 aliphatic carbocycles. The fourth-order valence-electron chi connectivity index (χ4n) is 3.89. The van der Waals surface area contributed by atoms with Crippen LogP contribution in [0.3, 0.4) is 0 Å². The van der Waals surface area contributed by atoms with Gasteiger partial charge in [-0.1, -0.05) is 18.2 Å². The number of aryl methyl sites for hydroxylation is 1. The molecular formula is C28H28N2O6S. The maximum atomic E-state index is 13.0. The van der Waals surface area contributed by atoms with Crippen LogP contribution in [0.1, 0.15) is 33.3 Å². The summed E-state index contributed by atoms with van der Waals surface area (Å²) in [6.45, 7) is 4.16. The predicted octanol–water partition coefficient (Wildman–Crippen LogP) is 4.66. The summed E-state index contributed by atoms with van der Waals surface area (Å²) in [5.74, 6) is 0.587. The van der Waals surface area contributed by atoms with Crippen molar-refractivity contribution in [2.24, 2.45) is 0 Å². The van der Waals surface area contributed by atoms with Crippen molar-refractivity contribution < 1.29 is 28.9 Å². The van der Waals surface area contributed by atoms with Crippen molar-refractivity contribution in [1.29, 1.82) is 0 Å². The molecule has 4 rings (SSSR count). The number of fused-ring (bicyclic) bond motifs is 1. The molecule has 0 saturated heterocycles. The summed E-state index contributed by atoms with van der Waals surface area (Å²) in [5, 5.41) is 14.7. The number of carbonyl (C=O) groups excluding carboxylic acids is 2. The zero-order valence-electron chi connectivity index (χ0n) is 20.9. The number of hydrogen-bond acceptors (Lipinski definition) is 8. The van der Waals surface area contributed by atoms with Gasteiger partial charge in [0.25, 0.3) is 5.91 Å². The summed E-state index contributed by atoms with van der Waals surface area (Å²) >= 11 is 1.63. The molecule has 8 nitrogen and oxygen atoms in total. The first kappa shape index (κ1) is 26.1. The standard InChI is InChI=1S/C28H28N2O6S/c1-4-35-24-11-9-21(30-26(24)20-16-37-27-17(2)6-5-7-19(20)27)22(32)15-29-28(33)18-8-10-23(36-13-12-31)25(14-18)34-3/h5-11,14,16,31H,4,12-13,15H2,1-3H3,(H,29,33). The molecule has 192 valence electrons. The van der Waals surface area contributed by atoms with Gasteiger partial charge in [-0.2, -0.15) is 0 Å². The van der Waals surface area contributed by atoms with Gasteiger partial charge in [0.1, 0.15) is 23.7 Å². The molecule has 0 fully saturated rings. The second kappa shape index (κ2) is 11.9. The molecule has 0 saturated carbocycles. The number of benzene rings is 2. The topological polar surface area (TPSA) is 107 Å². The monoisotopic (exact) mass is 520 g/mol. The Morgan fingerprint density at radius 3 is 2.62 bits per heavy atom. The maximum absolute atomic E-state index is 13.0. The minimum atomic E-state index is -0.439. The molecule has 0 spiro atoms. The van der Waals surface area contributed by atoms with Crippen LogP contribution in [0.2, 0.25) is 0 Å². The highest BCUT2D eigenvalue weighted by Crippen LogP contribution is 2.39. The number of methoxy groups -OCH3 is 1. The number of thiophene rings is 1. The Labute approximate surface area is 218 Å². The number of Topliss-reactive ketones (excluding diaryl/α,β-unsaturated/α-hetero) is 1. The predicted molar refractivity (Wildman–Crippen MR) is 143 cm³/mol. The van der Waals surface area contributed by atoms with Gasteiger partial charge in [0.15, 0.2) is 17.3 Å². The lowest BCUT2D eigenvalue weighted by Gasteiger charge is -2.12. The van der Waals surface area contributed by atoms with Crippen LogP contribution in [0.4, 0.5) is 0 Å².